The van der Waals surface area contributed by atoms with Crippen LogP contribution in [0.1, 0.15) is 16.7 Å². The van der Waals surface area contributed by atoms with Crippen molar-refractivity contribution in [1.29, 1.82) is 10.5 Å². The number of ether oxygens (including phenoxy) is 1. The maximum Gasteiger partial charge on any atom is 0.136 e. The van der Waals surface area contributed by atoms with Gasteiger partial charge in [0, 0.05) is 0 Å². The fourth-order valence-corrected chi connectivity index (χ4v) is 1.12. The molecule has 1 rings (SSSR count). The Bertz CT molecular complexity index is 410. The molecule has 13 heavy (non-hydrogen) atoms. The van der Waals surface area contributed by atoms with Gasteiger partial charge in [-0.3, -0.25) is 0 Å². The van der Waals surface area contributed by atoms with Crippen LogP contribution < -0.4 is 4.74 Å². The first-order valence-electron chi connectivity index (χ1n) is 3.72. The fourth-order valence-electron chi connectivity index (χ4n) is 1.12. The Hall–Kier alpha value is -2.00. The van der Waals surface area contributed by atoms with Gasteiger partial charge in [-0.05, 0) is 24.6 Å². The van der Waals surface area contributed by atoms with Gasteiger partial charge in [0.2, 0.25) is 0 Å². The Balaban J connectivity index is 3.45. The number of hydrogen-bond acceptors (Lipinski definition) is 3. The highest BCUT2D eigenvalue weighted by molar-refractivity contribution is 5.54. The van der Waals surface area contributed by atoms with Crippen LogP contribution in [0.5, 0.6) is 5.75 Å². The lowest BCUT2D eigenvalue weighted by Crippen LogP contribution is -1.93. The maximum absolute atomic E-state index is 8.81. The second kappa shape index (κ2) is 3.60. The molecule has 64 valence electrons. The predicted molar refractivity (Wildman–Crippen MR) is 47.2 cm³/mol. The van der Waals surface area contributed by atoms with Crippen molar-refractivity contribution in [3.63, 3.8) is 0 Å². The number of benzene rings is 1. The summed E-state index contributed by atoms with van der Waals surface area (Å²) in [6, 6.07) is 7.30. The molecule has 0 aliphatic carbocycles. The van der Waals surface area contributed by atoms with Crippen LogP contribution in [0.25, 0.3) is 0 Å². The summed E-state index contributed by atoms with van der Waals surface area (Å²) in [5, 5.41) is 17.5. The van der Waals surface area contributed by atoms with Gasteiger partial charge in [-0.15, -0.1) is 0 Å². The average molecular weight is 172 g/mol. The van der Waals surface area contributed by atoms with E-state index < -0.39 is 0 Å². The zero-order valence-electron chi connectivity index (χ0n) is 7.46. The summed E-state index contributed by atoms with van der Waals surface area (Å²) < 4.78 is 4.98. The predicted octanol–water partition coefficient (Wildman–Crippen LogP) is 1.75. The van der Waals surface area contributed by atoms with Crippen molar-refractivity contribution in [1.82, 2.24) is 0 Å². The SMILES string of the molecule is COc1ccc(C#N)c(C)c1C#N. The molecule has 3 nitrogen and oxygen atoms in total. The molecule has 0 bridgehead atoms. The summed E-state index contributed by atoms with van der Waals surface area (Å²) in [4.78, 5) is 0. The first-order chi connectivity index (χ1) is 6.24. The first-order valence-corrected chi connectivity index (χ1v) is 3.72. The standard InChI is InChI=1S/C10H8N2O/c1-7-8(5-11)3-4-10(13-2)9(7)6-12/h3-4H,1-2H3. The Morgan fingerprint density at radius 3 is 2.38 bits per heavy atom. The lowest BCUT2D eigenvalue weighted by Gasteiger charge is -2.05. The van der Waals surface area contributed by atoms with Crippen molar-refractivity contribution < 1.29 is 4.74 Å². The summed E-state index contributed by atoms with van der Waals surface area (Å²) >= 11 is 0. The van der Waals surface area contributed by atoms with Gasteiger partial charge in [0.15, 0.2) is 0 Å². The van der Waals surface area contributed by atoms with Crippen molar-refractivity contribution in [2.75, 3.05) is 7.11 Å². The van der Waals surface area contributed by atoms with E-state index in [1.807, 2.05) is 12.1 Å². The molecule has 0 N–H and O–H groups in total. The molecule has 0 heterocycles. The van der Waals surface area contributed by atoms with Crippen LogP contribution in [-0.4, -0.2) is 7.11 Å². The molecule has 0 aliphatic rings. The van der Waals surface area contributed by atoms with Crippen LogP contribution >= 0.6 is 0 Å². The molecule has 0 saturated carbocycles. The lowest BCUT2D eigenvalue weighted by molar-refractivity contribution is 0.413. The number of hydrogen-bond donors (Lipinski definition) is 0. The molecule has 1 aromatic carbocycles. The number of methoxy groups -OCH3 is 1. The summed E-state index contributed by atoms with van der Waals surface area (Å²) in [7, 11) is 1.50. The second-order valence-corrected chi connectivity index (χ2v) is 2.54. The van der Waals surface area contributed by atoms with E-state index in [2.05, 4.69) is 0 Å². The Morgan fingerprint density at radius 1 is 1.23 bits per heavy atom. The molecule has 0 atom stereocenters. The smallest absolute Gasteiger partial charge is 0.136 e. The van der Waals surface area contributed by atoms with Crippen LogP contribution in [0.2, 0.25) is 0 Å². The van der Waals surface area contributed by atoms with Gasteiger partial charge in [0.25, 0.3) is 0 Å². The van der Waals surface area contributed by atoms with Crippen molar-refractivity contribution in [2.45, 2.75) is 6.92 Å². The number of rotatable bonds is 1. The molecule has 0 amide bonds. The number of nitrogens with zero attached hydrogens (tertiary/aromatic N) is 2. The maximum atomic E-state index is 8.81. The summed E-state index contributed by atoms with van der Waals surface area (Å²) in [5.41, 5.74) is 1.61. The van der Waals surface area contributed by atoms with E-state index in [0.717, 1.165) is 0 Å². The van der Waals surface area contributed by atoms with Gasteiger partial charge in [-0.2, -0.15) is 10.5 Å². The molecular formula is C10H8N2O. The van der Waals surface area contributed by atoms with Crippen molar-refractivity contribution in [2.24, 2.45) is 0 Å². The normalized spacial score (nSPS) is 8.62. The molecule has 0 spiro atoms. The quantitative estimate of drug-likeness (QED) is 0.648. The van der Waals surface area contributed by atoms with Crippen molar-refractivity contribution in [3.05, 3.63) is 28.8 Å². The molecule has 0 radical (unpaired) electrons. The number of nitriles is 2. The molecule has 0 fully saturated rings. The van der Waals surface area contributed by atoms with E-state index in [1.54, 1.807) is 19.1 Å². The fraction of sp³-hybridized carbons (Fsp3) is 0.200. The summed E-state index contributed by atoms with van der Waals surface area (Å²) in [5.74, 6) is 0.513. The third kappa shape index (κ3) is 1.45. The van der Waals surface area contributed by atoms with Gasteiger partial charge >= 0.3 is 0 Å². The van der Waals surface area contributed by atoms with Crippen LogP contribution in [0.3, 0.4) is 0 Å². The summed E-state index contributed by atoms with van der Waals surface area (Å²) in [6.45, 7) is 1.74. The van der Waals surface area contributed by atoms with Gasteiger partial charge in [-0.25, -0.2) is 0 Å². The molecule has 1 aromatic rings. The molecule has 0 saturated heterocycles. The Kier molecular flexibility index (Phi) is 2.52. The van der Waals surface area contributed by atoms with Crippen LogP contribution in [0.15, 0.2) is 12.1 Å². The largest absolute Gasteiger partial charge is 0.495 e. The first kappa shape index (κ1) is 9.09. The average Bonchev–Trinajstić information content (AvgIpc) is 2.17. The van der Waals surface area contributed by atoms with Crippen molar-refractivity contribution >= 4 is 0 Å². The topological polar surface area (TPSA) is 56.8 Å². The van der Waals surface area contributed by atoms with E-state index >= 15 is 0 Å². The third-order valence-electron chi connectivity index (χ3n) is 1.88. The minimum atomic E-state index is 0.432. The Morgan fingerprint density at radius 2 is 1.92 bits per heavy atom. The van der Waals surface area contributed by atoms with Gasteiger partial charge < -0.3 is 4.74 Å². The minimum Gasteiger partial charge on any atom is -0.495 e. The molecule has 3 heteroatoms. The third-order valence-corrected chi connectivity index (χ3v) is 1.88. The zero-order valence-corrected chi connectivity index (χ0v) is 7.46. The second-order valence-electron chi connectivity index (χ2n) is 2.54. The van der Waals surface area contributed by atoms with Gasteiger partial charge in [0.1, 0.15) is 11.8 Å². The highest BCUT2D eigenvalue weighted by Crippen LogP contribution is 2.23. The van der Waals surface area contributed by atoms with E-state index in [9.17, 15) is 0 Å². The monoisotopic (exact) mass is 172 g/mol. The van der Waals surface area contributed by atoms with Crippen LogP contribution in [0.4, 0.5) is 0 Å². The molecular weight excluding hydrogens is 164 g/mol. The van der Waals surface area contributed by atoms with E-state index in [-0.39, 0.29) is 0 Å². The van der Waals surface area contributed by atoms with E-state index in [0.29, 0.717) is 22.4 Å². The zero-order chi connectivity index (χ0) is 9.84. The molecule has 0 aliphatic heterocycles. The molecule has 0 unspecified atom stereocenters. The minimum absolute atomic E-state index is 0.432. The van der Waals surface area contributed by atoms with Crippen LogP contribution in [-0.2, 0) is 0 Å². The summed E-state index contributed by atoms with van der Waals surface area (Å²) in [6.07, 6.45) is 0. The lowest BCUT2D eigenvalue weighted by atomic mass is 10.0. The Labute approximate surface area is 76.8 Å². The van der Waals surface area contributed by atoms with Crippen molar-refractivity contribution in [3.8, 4) is 17.9 Å². The molecule has 0 aromatic heterocycles. The van der Waals surface area contributed by atoms with E-state index in [1.165, 1.54) is 7.11 Å². The van der Waals surface area contributed by atoms with E-state index in [4.69, 9.17) is 15.3 Å². The van der Waals surface area contributed by atoms with Gasteiger partial charge in [0.05, 0.1) is 24.3 Å². The highest BCUT2D eigenvalue weighted by atomic mass is 16.5. The van der Waals surface area contributed by atoms with Gasteiger partial charge in [-0.1, -0.05) is 0 Å². The van der Waals surface area contributed by atoms with Crippen LogP contribution in [0, 0.1) is 29.6 Å². The highest BCUT2D eigenvalue weighted by Gasteiger charge is 2.08.